The van der Waals surface area contributed by atoms with Gasteiger partial charge in [0.15, 0.2) is 0 Å². The van der Waals surface area contributed by atoms with Gasteiger partial charge in [-0.05, 0) is 45.6 Å². The Bertz CT molecular complexity index is 197. The molecule has 1 aliphatic rings. The number of methoxy groups -OCH3 is 1. The van der Waals surface area contributed by atoms with Crippen LogP contribution >= 0.6 is 0 Å². The molecular formula is C15H31NO. The average molecular weight is 241 g/mol. The first-order chi connectivity index (χ1) is 8.07. The van der Waals surface area contributed by atoms with Gasteiger partial charge in [0, 0.05) is 13.2 Å². The first kappa shape index (κ1) is 15.0. The van der Waals surface area contributed by atoms with Gasteiger partial charge in [-0.25, -0.2) is 0 Å². The predicted molar refractivity (Wildman–Crippen MR) is 74.4 cm³/mol. The lowest BCUT2D eigenvalue weighted by Crippen LogP contribution is -2.37. The molecule has 0 aromatic carbocycles. The zero-order chi connectivity index (χ0) is 12.7. The lowest BCUT2D eigenvalue weighted by molar-refractivity contribution is 0.00604. The quantitative estimate of drug-likeness (QED) is 0.699. The second-order valence-electron chi connectivity index (χ2n) is 6.15. The third kappa shape index (κ3) is 5.87. The second-order valence-corrected chi connectivity index (χ2v) is 6.15. The summed E-state index contributed by atoms with van der Waals surface area (Å²) in [5, 5.41) is 3.62. The highest BCUT2D eigenvalue weighted by molar-refractivity contribution is 4.79. The maximum atomic E-state index is 5.55. The van der Waals surface area contributed by atoms with Crippen LogP contribution in [0.5, 0.6) is 0 Å². The highest BCUT2D eigenvalue weighted by Gasteiger charge is 2.23. The van der Waals surface area contributed by atoms with E-state index in [1.54, 1.807) is 0 Å². The maximum Gasteiger partial charge on any atom is 0.0637 e. The first-order valence-corrected chi connectivity index (χ1v) is 7.36. The van der Waals surface area contributed by atoms with Crippen molar-refractivity contribution >= 4 is 0 Å². The van der Waals surface area contributed by atoms with E-state index in [-0.39, 0.29) is 5.60 Å². The number of hydrogen-bond acceptors (Lipinski definition) is 2. The van der Waals surface area contributed by atoms with Gasteiger partial charge in [0.2, 0.25) is 0 Å². The van der Waals surface area contributed by atoms with E-state index in [1.807, 2.05) is 7.11 Å². The van der Waals surface area contributed by atoms with E-state index < -0.39 is 0 Å². The summed E-state index contributed by atoms with van der Waals surface area (Å²) in [4.78, 5) is 0. The number of hydrogen-bond donors (Lipinski definition) is 1. The van der Waals surface area contributed by atoms with Gasteiger partial charge in [0.05, 0.1) is 5.60 Å². The minimum atomic E-state index is 0.00249. The molecule has 0 aromatic heterocycles. The van der Waals surface area contributed by atoms with Crippen LogP contribution in [0.4, 0.5) is 0 Å². The van der Waals surface area contributed by atoms with Crippen LogP contribution in [0.25, 0.3) is 0 Å². The normalized spacial score (nSPS) is 19.8. The van der Waals surface area contributed by atoms with Crippen LogP contribution in [-0.4, -0.2) is 25.3 Å². The molecule has 0 aromatic rings. The molecule has 0 bridgehead atoms. The fourth-order valence-electron chi connectivity index (χ4n) is 2.98. The second kappa shape index (κ2) is 7.38. The highest BCUT2D eigenvalue weighted by Crippen LogP contribution is 2.30. The third-order valence-electron chi connectivity index (χ3n) is 4.18. The molecule has 1 unspecified atom stereocenters. The van der Waals surface area contributed by atoms with E-state index in [1.165, 1.54) is 38.5 Å². The highest BCUT2D eigenvalue weighted by atomic mass is 16.5. The fraction of sp³-hybridized carbons (Fsp3) is 1.00. The first-order valence-electron chi connectivity index (χ1n) is 7.36. The Kier molecular flexibility index (Phi) is 6.50. The maximum absolute atomic E-state index is 5.55. The van der Waals surface area contributed by atoms with Crippen LogP contribution in [0.15, 0.2) is 0 Å². The van der Waals surface area contributed by atoms with Crippen LogP contribution < -0.4 is 5.32 Å². The molecule has 2 heteroatoms. The Hall–Kier alpha value is -0.0800. The Morgan fingerprint density at radius 2 is 1.94 bits per heavy atom. The number of nitrogens with one attached hydrogen (secondary N) is 1. The summed E-state index contributed by atoms with van der Waals surface area (Å²) in [6.07, 6.45) is 9.67. The zero-order valence-corrected chi connectivity index (χ0v) is 12.2. The van der Waals surface area contributed by atoms with Crippen molar-refractivity contribution in [2.45, 2.75) is 77.4 Å². The Labute approximate surface area is 108 Å². The van der Waals surface area contributed by atoms with Gasteiger partial charge >= 0.3 is 0 Å². The molecule has 1 saturated carbocycles. The van der Waals surface area contributed by atoms with Gasteiger partial charge in [0.25, 0.3) is 0 Å². The summed E-state index contributed by atoms with van der Waals surface area (Å²) in [5.41, 5.74) is 0.00249. The van der Waals surface area contributed by atoms with Crippen molar-refractivity contribution in [3.8, 4) is 0 Å². The summed E-state index contributed by atoms with van der Waals surface area (Å²) in [5.74, 6) is 1.00. The van der Waals surface area contributed by atoms with Crippen molar-refractivity contribution < 1.29 is 4.74 Å². The molecule has 0 spiro atoms. The summed E-state index contributed by atoms with van der Waals surface area (Å²) < 4.78 is 5.55. The molecule has 1 atom stereocenters. The Balaban J connectivity index is 2.31. The van der Waals surface area contributed by atoms with Gasteiger partial charge in [-0.1, -0.05) is 32.6 Å². The van der Waals surface area contributed by atoms with Crippen LogP contribution in [0.2, 0.25) is 0 Å². The van der Waals surface area contributed by atoms with E-state index in [0.29, 0.717) is 6.04 Å². The zero-order valence-electron chi connectivity index (χ0n) is 12.2. The molecule has 0 amide bonds. The third-order valence-corrected chi connectivity index (χ3v) is 4.18. The molecule has 1 aliphatic carbocycles. The largest absolute Gasteiger partial charge is 0.379 e. The van der Waals surface area contributed by atoms with Crippen molar-refractivity contribution in [2.24, 2.45) is 5.92 Å². The minimum absolute atomic E-state index is 0.00249. The van der Waals surface area contributed by atoms with Crippen LogP contribution in [-0.2, 0) is 4.74 Å². The SMILES string of the molecule is CCNC(CCC1CCCC1)CC(C)(C)OC. The average Bonchev–Trinajstić information content (AvgIpc) is 2.79. The van der Waals surface area contributed by atoms with Gasteiger partial charge in [0.1, 0.15) is 0 Å². The standard InChI is InChI=1S/C15H31NO/c1-5-16-14(12-15(2,3)17-4)11-10-13-8-6-7-9-13/h13-14,16H,5-12H2,1-4H3. The molecule has 0 saturated heterocycles. The summed E-state index contributed by atoms with van der Waals surface area (Å²) >= 11 is 0. The fourth-order valence-corrected chi connectivity index (χ4v) is 2.98. The Morgan fingerprint density at radius 1 is 1.29 bits per heavy atom. The summed E-state index contributed by atoms with van der Waals surface area (Å²) in [6, 6.07) is 0.621. The predicted octanol–water partition coefficient (Wildman–Crippen LogP) is 3.75. The van der Waals surface area contributed by atoms with E-state index >= 15 is 0 Å². The van der Waals surface area contributed by atoms with Crippen molar-refractivity contribution in [2.75, 3.05) is 13.7 Å². The molecule has 0 heterocycles. The molecule has 2 nitrogen and oxygen atoms in total. The van der Waals surface area contributed by atoms with E-state index in [4.69, 9.17) is 4.74 Å². The topological polar surface area (TPSA) is 21.3 Å². The van der Waals surface area contributed by atoms with Crippen molar-refractivity contribution in [3.05, 3.63) is 0 Å². The van der Waals surface area contributed by atoms with E-state index in [2.05, 4.69) is 26.1 Å². The number of rotatable bonds is 8. The van der Waals surface area contributed by atoms with Crippen LogP contribution in [0.1, 0.15) is 65.7 Å². The van der Waals surface area contributed by atoms with E-state index in [0.717, 1.165) is 18.9 Å². The molecule has 17 heavy (non-hydrogen) atoms. The molecule has 1 fully saturated rings. The van der Waals surface area contributed by atoms with Gasteiger partial charge in [-0.15, -0.1) is 0 Å². The molecule has 0 aliphatic heterocycles. The number of ether oxygens (including phenoxy) is 1. The molecule has 1 N–H and O–H groups in total. The monoisotopic (exact) mass is 241 g/mol. The lowest BCUT2D eigenvalue weighted by atomic mass is 9.92. The van der Waals surface area contributed by atoms with Gasteiger partial charge < -0.3 is 10.1 Å². The smallest absolute Gasteiger partial charge is 0.0637 e. The van der Waals surface area contributed by atoms with Gasteiger partial charge in [-0.2, -0.15) is 0 Å². The summed E-state index contributed by atoms with van der Waals surface area (Å²) in [7, 11) is 1.82. The molecule has 102 valence electrons. The van der Waals surface area contributed by atoms with Crippen LogP contribution in [0, 0.1) is 5.92 Å². The lowest BCUT2D eigenvalue weighted by Gasteiger charge is -2.29. The van der Waals surface area contributed by atoms with Crippen LogP contribution in [0.3, 0.4) is 0 Å². The Morgan fingerprint density at radius 3 is 2.47 bits per heavy atom. The van der Waals surface area contributed by atoms with Crippen molar-refractivity contribution in [1.29, 1.82) is 0 Å². The van der Waals surface area contributed by atoms with E-state index in [9.17, 15) is 0 Å². The molecular weight excluding hydrogens is 210 g/mol. The summed E-state index contributed by atoms with van der Waals surface area (Å²) in [6.45, 7) is 7.64. The molecule has 0 radical (unpaired) electrons. The van der Waals surface area contributed by atoms with Crippen molar-refractivity contribution in [3.63, 3.8) is 0 Å². The molecule has 1 rings (SSSR count). The van der Waals surface area contributed by atoms with Crippen molar-refractivity contribution in [1.82, 2.24) is 5.32 Å². The minimum Gasteiger partial charge on any atom is -0.379 e. The van der Waals surface area contributed by atoms with Gasteiger partial charge in [-0.3, -0.25) is 0 Å².